The Morgan fingerprint density at radius 2 is 2.05 bits per heavy atom. The van der Waals surface area contributed by atoms with Gasteiger partial charge in [-0.25, -0.2) is 9.99 Å². The van der Waals surface area contributed by atoms with E-state index in [0.717, 1.165) is 30.9 Å². The molecule has 0 amide bonds. The van der Waals surface area contributed by atoms with Gasteiger partial charge >= 0.3 is 0 Å². The zero-order chi connectivity index (χ0) is 14.8. The second-order valence-corrected chi connectivity index (χ2v) is 5.74. The maximum absolute atomic E-state index is 5.76. The van der Waals surface area contributed by atoms with E-state index in [0.29, 0.717) is 0 Å². The summed E-state index contributed by atoms with van der Waals surface area (Å²) < 4.78 is 5.76. The first-order valence-electron chi connectivity index (χ1n) is 7.09. The van der Waals surface area contributed by atoms with Gasteiger partial charge in [-0.3, -0.25) is 5.01 Å². The quantitative estimate of drug-likeness (QED) is 0.737. The van der Waals surface area contributed by atoms with Crippen molar-refractivity contribution < 1.29 is 4.74 Å². The van der Waals surface area contributed by atoms with Crippen LogP contribution in [0.15, 0.2) is 29.8 Å². The third-order valence-electron chi connectivity index (χ3n) is 4.16. The highest BCUT2D eigenvalue weighted by molar-refractivity contribution is 5.38. The fraction of sp³-hybridized carbons (Fsp3) is 0.562. The molecule has 0 saturated heterocycles. The van der Waals surface area contributed by atoms with E-state index in [1.54, 1.807) is 7.11 Å². The van der Waals surface area contributed by atoms with Gasteiger partial charge in [0.2, 0.25) is 0 Å². The number of pyridine rings is 1. The summed E-state index contributed by atoms with van der Waals surface area (Å²) in [6.45, 7) is 5.20. The van der Waals surface area contributed by atoms with Gasteiger partial charge in [-0.05, 0) is 38.8 Å². The highest BCUT2D eigenvalue weighted by Crippen LogP contribution is 2.30. The maximum atomic E-state index is 5.76. The molecule has 1 aliphatic heterocycles. The van der Waals surface area contributed by atoms with Gasteiger partial charge in [0.15, 0.2) is 0 Å². The molecule has 1 unspecified atom stereocenters. The van der Waals surface area contributed by atoms with E-state index in [9.17, 15) is 0 Å². The van der Waals surface area contributed by atoms with Crippen molar-refractivity contribution in [2.24, 2.45) is 0 Å². The Morgan fingerprint density at radius 1 is 1.30 bits per heavy atom. The van der Waals surface area contributed by atoms with Crippen LogP contribution in [0.25, 0.3) is 0 Å². The lowest BCUT2D eigenvalue weighted by Gasteiger charge is -2.31. The van der Waals surface area contributed by atoms with Crippen LogP contribution in [-0.4, -0.2) is 37.7 Å². The van der Waals surface area contributed by atoms with Gasteiger partial charge in [0.25, 0.3) is 0 Å². The highest BCUT2D eigenvalue weighted by atomic mass is 16.5. The normalized spacial score (nSPS) is 27.6. The predicted molar refractivity (Wildman–Crippen MR) is 82.6 cm³/mol. The van der Waals surface area contributed by atoms with E-state index in [2.05, 4.69) is 49.1 Å². The topological polar surface area (TPSA) is 28.6 Å². The number of methoxy groups -OCH3 is 1. The number of allylic oxidation sites excluding steroid dienone is 1. The van der Waals surface area contributed by atoms with Gasteiger partial charge in [-0.15, -0.1) is 0 Å². The van der Waals surface area contributed by atoms with E-state index >= 15 is 0 Å². The second-order valence-electron chi connectivity index (χ2n) is 5.74. The minimum atomic E-state index is -0.337. The van der Waals surface area contributed by atoms with Crippen LogP contribution >= 0.6 is 0 Å². The SMILES string of the molecule is COC1(C)CC/C=C(/C)CN(C)N(C)c2cccc1n2. The van der Waals surface area contributed by atoms with Crippen molar-refractivity contribution in [1.29, 1.82) is 0 Å². The first kappa shape index (κ1) is 15.0. The van der Waals surface area contributed by atoms with E-state index < -0.39 is 0 Å². The van der Waals surface area contributed by atoms with Crippen molar-refractivity contribution in [1.82, 2.24) is 9.99 Å². The van der Waals surface area contributed by atoms with Crippen LogP contribution in [0.3, 0.4) is 0 Å². The van der Waals surface area contributed by atoms with E-state index in [1.165, 1.54) is 5.57 Å². The first-order valence-corrected chi connectivity index (χ1v) is 7.09. The van der Waals surface area contributed by atoms with Gasteiger partial charge < -0.3 is 4.74 Å². The van der Waals surface area contributed by atoms with E-state index in [4.69, 9.17) is 9.72 Å². The average Bonchev–Trinajstić information content (AvgIpc) is 2.46. The number of nitrogens with zero attached hydrogens (tertiary/aromatic N) is 3. The molecule has 0 spiro atoms. The molecule has 0 aliphatic carbocycles. The predicted octanol–water partition coefficient (Wildman–Crippen LogP) is 2.97. The van der Waals surface area contributed by atoms with Gasteiger partial charge in [-0.1, -0.05) is 17.7 Å². The summed E-state index contributed by atoms with van der Waals surface area (Å²) in [7, 11) is 5.89. The molecule has 0 N–H and O–H groups in total. The molecule has 1 atom stereocenters. The lowest BCUT2D eigenvalue weighted by molar-refractivity contribution is -0.00829. The molecule has 1 aromatic heterocycles. The Hall–Kier alpha value is -1.39. The molecule has 2 rings (SSSR count). The maximum Gasteiger partial charge on any atom is 0.143 e. The van der Waals surface area contributed by atoms with Crippen LogP contribution in [0.1, 0.15) is 32.4 Å². The number of rotatable bonds is 1. The highest BCUT2D eigenvalue weighted by Gasteiger charge is 2.28. The molecule has 1 aromatic rings. The largest absolute Gasteiger partial charge is 0.372 e. The molecule has 0 radical (unpaired) electrons. The lowest BCUT2D eigenvalue weighted by atomic mass is 9.94. The fourth-order valence-electron chi connectivity index (χ4n) is 2.53. The number of hydrogen-bond acceptors (Lipinski definition) is 4. The molecule has 110 valence electrons. The Labute approximate surface area is 122 Å². The van der Waals surface area contributed by atoms with Crippen molar-refractivity contribution in [3.63, 3.8) is 0 Å². The zero-order valence-electron chi connectivity index (χ0n) is 13.2. The Kier molecular flexibility index (Phi) is 4.45. The van der Waals surface area contributed by atoms with Gasteiger partial charge in [0, 0.05) is 27.7 Å². The van der Waals surface area contributed by atoms with Crippen molar-refractivity contribution in [3.05, 3.63) is 35.5 Å². The Morgan fingerprint density at radius 3 is 2.75 bits per heavy atom. The van der Waals surface area contributed by atoms with Gasteiger partial charge in [0.05, 0.1) is 5.69 Å². The van der Waals surface area contributed by atoms with Crippen molar-refractivity contribution in [2.75, 3.05) is 32.8 Å². The van der Waals surface area contributed by atoms with Crippen LogP contribution in [-0.2, 0) is 10.3 Å². The van der Waals surface area contributed by atoms with Gasteiger partial charge in [0.1, 0.15) is 11.4 Å². The second kappa shape index (κ2) is 5.94. The number of hydrogen-bond donors (Lipinski definition) is 0. The van der Waals surface area contributed by atoms with Crippen LogP contribution < -0.4 is 5.01 Å². The smallest absolute Gasteiger partial charge is 0.143 e. The Balaban J connectivity index is 2.46. The molecule has 0 saturated carbocycles. The van der Waals surface area contributed by atoms with Crippen LogP contribution in [0, 0.1) is 0 Å². The molecule has 4 heteroatoms. The molecule has 4 nitrogen and oxygen atoms in total. The minimum absolute atomic E-state index is 0.337. The number of fused-ring (bicyclic) bond motifs is 2. The van der Waals surface area contributed by atoms with Gasteiger partial charge in [-0.2, -0.15) is 0 Å². The summed E-state index contributed by atoms with van der Waals surface area (Å²) in [5.41, 5.74) is 2.02. The van der Waals surface area contributed by atoms with Crippen molar-refractivity contribution >= 4 is 5.82 Å². The van der Waals surface area contributed by atoms with E-state index in [-0.39, 0.29) is 5.60 Å². The molecule has 1 aliphatic rings. The monoisotopic (exact) mass is 275 g/mol. The number of ether oxygens (including phenoxy) is 1. The summed E-state index contributed by atoms with van der Waals surface area (Å²) in [5.74, 6) is 0.947. The summed E-state index contributed by atoms with van der Waals surface area (Å²) in [4.78, 5) is 4.79. The average molecular weight is 275 g/mol. The molecule has 0 aromatic carbocycles. The Bertz CT molecular complexity index is 500. The fourth-order valence-corrected chi connectivity index (χ4v) is 2.53. The van der Waals surface area contributed by atoms with E-state index in [1.807, 2.05) is 13.1 Å². The molecule has 20 heavy (non-hydrogen) atoms. The van der Waals surface area contributed by atoms with Crippen molar-refractivity contribution in [2.45, 2.75) is 32.3 Å². The van der Waals surface area contributed by atoms with Crippen LogP contribution in [0.4, 0.5) is 5.82 Å². The minimum Gasteiger partial charge on any atom is -0.372 e. The summed E-state index contributed by atoms with van der Waals surface area (Å²) >= 11 is 0. The summed E-state index contributed by atoms with van der Waals surface area (Å²) in [6, 6.07) is 6.14. The third kappa shape index (κ3) is 3.02. The summed E-state index contributed by atoms with van der Waals surface area (Å²) in [5, 5.41) is 4.26. The van der Waals surface area contributed by atoms with Crippen LogP contribution in [0.2, 0.25) is 0 Å². The summed E-state index contributed by atoms with van der Waals surface area (Å²) in [6.07, 6.45) is 4.24. The molecular weight excluding hydrogens is 250 g/mol. The van der Waals surface area contributed by atoms with Crippen molar-refractivity contribution in [3.8, 4) is 0 Å². The third-order valence-corrected chi connectivity index (χ3v) is 4.16. The molecule has 2 bridgehead atoms. The standard InChI is InChI=1S/C16H25N3O/c1-13-8-7-11-16(2,20-5)14-9-6-10-15(17-14)19(4)18(3)12-13/h6,8-10H,7,11-12H2,1-5H3/b13-8-. The number of hydrazine groups is 1. The lowest BCUT2D eigenvalue weighted by Crippen LogP contribution is -2.38. The zero-order valence-corrected chi connectivity index (χ0v) is 13.2. The number of aromatic nitrogens is 1. The molecular formula is C16H25N3O. The number of likely N-dealkylation sites (N-methyl/N-ethyl adjacent to an activating group) is 1. The van der Waals surface area contributed by atoms with Crippen LogP contribution in [0.5, 0.6) is 0 Å². The number of anilines is 1. The first-order chi connectivity index (χ1) is 9.46. The molecule has 0 fully saturated rings. The molecule has 2 heterocycles.